The highest BCUT2D eigenvalue weighted by molar-refractivity contribution is 5.78. The molecule has 1 amide bonds. The summed E-state index contributed by atoms with van der Waals surface area (Å²) in [7, 11) is 1.62. The predicted octanol–water partition coefficient (Wildman–Crippen LogP) is 2.19. The molecule has 0 bridgehead atoms. The van der Waals surface area contributed by atoms with Crippen molar-refractivity contribution >= 4 is 5.91 Å². The van der Waals surface area contributed by atoms with Crippen molar-refractivity contribution in [1.82, 2.24) is 5.32 Å². The Labute approximate surface area is 112 Å². The molecule has 0 radical (unpaired) electrons. The van der Waals surface area contributed by atoms with Crippen molar-refractivity contribution in [1.29, 1.82) is 0 Å². The topological polar surface area (TPSA) is 51.5 Å². The van der Waals surface area contributed by atoms with Crippen molar-refractivity contribution in [2.75, 3.05) is 13.7 Å². The summed E-state index contributed by atoms with van der Waals surface area (Å²) >= 11 is 0. The number of amides is 1. The quantitative estimate of drug-likeness (QED) is 0.865. The van der Waals surface area contributed by atoms with Gasteiger partial charge in [-0.2, -0.15) is 0 Å². The summed E-state index contributed by atoms with van der Waals surface area (Å²) in [4.78, 5) is 11.7. The molecule has 0 aliphatic heterocycles. The lowest BCUT2D eigenvalue weighted by Crippen LogP contribution is -2.27. The van der Waals surface area contributed by atoms with Crippen LogP contribution in [0.2, 0.25) is 0 Å². The highest BCUT2D eigenvalue weighted by Gasteiger charge is 2.04. The maximum Gasteiger partial charge on any atom is 0.224 e. The molecule has 1 heterocycles. The predicted molar refractivity (Wildman–Crippen MR) is 72.1 cm³/mol. The third kappa shape index (κ3) is 4.17. The zero-order valence-electron chi connectivity index (χ0n) is 10.9. The van der Waals surface area contributed by atoms with E-state index in [1.807, 2.05) is 36.4 Å². The number of nitrogens with one attached hydrogen (secondary N) is 1. The minimum Gasteiger partial charge on any atom is -0.497 e. The Balaban J connectivity index is 1.74. The van der Waals surface area contributed by atoms with Crippen molar-refractivity contribution < 1.29 is 13.9 Å². The van der Waals surface area contributed by atoms with Crippen LogP contribution in [0.15, 0.2) is 47.1 Å². The second kappa shape index (κ2) is 6.64. The molecule has 1 aromatic carbocycles. The van der Waals surface area contributed by atoms with Crippen LogP contribution in [-0.2, 0) is 17.6 Å². The van der Waals surface area contributed by atoms with Gasteiger partial charge in [0.1, 0.15) is 11.5 Å². The van der Waals surface area contributed by atoms with E-state index >= 15 is 0 Å². The molecule has 100 valence electrons. The van der Waals surface area contributed by atoms with E-state index in [4.69, 9.17) is 9.15 Å². The molecule has 0 unspecified atom stereocenters. The largest absolute Gasteiger partial charge is 0.497 e. The first-order valence-corrected chi connectivity index (χ1v) is 6.20. The van der Waals surface area contributed by atoms with Gasteiger partial charge >= 0.3 is 0 Å². The molecule has 0 aliphatic carbocycles. The molecule has 19 heavy (non-hydrogen) atoms. The minimum atomic E-state index is 0.0109. The Morgan fingerprint density at radius 3 is 2.68 bits per heavy atom. The zero-order valence-corrected chi connectivity index (χ0v) is 10.9. The minimum absolute atomic E-state index is 0.0109. The van der Waals surface area contributed by atoms with Gasteiger partial charge in [-0.15, -0.1) is 0 Å². The van der Waals surface area contributed by atoms with Crippen LogP contribution in [0.4, 0.5) is 0 Å². The van der Waals surface area contributed by atoms with Crippen LogP contribution in [0.5, 0.6) is 5.75 Å². The summed E-state index contributed by atoms with van der Waals surface area (Å²) in [6.45, 7) is 0.586. The summed E-state index contributed by atoms with van der Waals surface area (Å²) < 4.78 is 10.3. The fourth-order valence-electron chi connectivity index (χ4n) is 1.77. The lowest BCUT2D eigenvalue weighted by atomic mass is 10.1. The van der Waals surface area contributed by atoms with Crippen LogP contribution in [0.3, 0.4) is 0 Å². The van der Waals surface area contributed by atoms with Crippen molar-refractivity contribution in [3.63, 3.8) is 0 Å². The molecule has 0 atom stereocenters. The van der Waals surface area contributed by atoms with Gasteiger partial charge in [0.15, 0.2) is 0 Å². The molecular weight excluding hydrogens is 242 g/mol. The van der Waals surface area contributed by atoms with E-state index < -0.39 is 0 Å². The van der Waals surface area contributed by atoms with Gasteiger partial charge in [-0.25, -0.2) is 0 Å². The zero-order chi connectivity index (χ0) is 13.5. The fraction of sp³-hybridized carbons (Fsp3) is 0.267. The van der Waals surface area contributed by atoms with Crippen molar-refractivity contribution in [2.45, 2.75) is 12.8 Å². The smallest absolute Gasteiger partial charge is 0.224 e. The summed E-state index contributed by atoms with van der Waals surface area (Å²) in [5.41, 5.74) is 0.969. The van der Waals surface area contributed by atoms with Gasteiger partial charge in [0.05, 0.1) is 19.8 Å². The van der Waals surface area contributed by atoms with Crippen LogP contribution >= 0.6 is 0 Å². The molecule has 0 aliphatic rings. The van der Waals surface area contributed by atoms with E-state index in [9.17, 15) is 4.79 Å². The van der Waals surface area contributed by atoms with Gasteiger partial charge in [-0.3, -0.25) is 4.79 Å². The lowest BCUT2D eigenvalue weighted by molar-refractivity contribution is -0.120. The van der Waals surface area contributed by atoms with E-state index in [2.05, 4.69) is 5.32 Å². The number of rotatable bonds is 6. The van der Waals surface area contributed by atoms with Gasteiger partial charge in [0.25, 0.3) is 0 Å². The van der Waals surface area contributed by atoms with Crippen LogP contribution in [0.1, 0.15) is 11.3 Å². The third-order valence-corrected chi connectivity index (χ3v) is 2.80. The van der Waals surface area contributed by atoms with E-state index in [1.165, 1.54) is 0 Å². The van der Waals surface area contributed by atoms with Gasteiger partial charge < -0.3 is 14.5 Å². The van der Waals surface area contributed by atoms with Crippen LogP contribution in [-0.4, -0.2) is 19.6 Å². The SMILES string of the molecule is COc1ccc(CC(=O)NCCc2ccco2)cc1. The summed E-state index contributed by atoms with van der Waals surface area (Å²) in [5.74, 6) is 1.68. The number of ether oxygens (including phenoxy) is 1. The van der Waals surface area contributed by atoms with Crippen molar-refractivity contribution in [3.8, 4) is 5.75 Å². The number of carbonyl (C=O) groups excluding carboxylic acids is 1. The number of methoxy groups -OCH3 is 1. The molecule has 2 aromatic rings. The molecule has 0 saturated carbocycles. The van der Waals surface area contributed by atoms with Crippen molar-refractivity contribution in [2.24, 2.45) is 0 Å². The number of hydrogen-bond acceptors (Lipinski definition) is 3. The maximum atomic E-state index is 11.7. The van der Waals surface area contributed by atoms with Gasteiger partial charge in [-0.1, -0.05) is 12.1 Å². The molecule has 1 aromatic heterocycles. The highest BCUT2D eigenvalue weighted by Crippen LogP contribution is 2.11. The molecule has 4 heteroatoms. The molecule has 0 saturated heterocycles. The lowest BCUT2D eigenvalue weighted by Gasteiger charge is -2.05. The summed E-state index contributed by atoms with van der Waals surface area (Å²) in [5, 5.41) is 2.87. The Hall–Kier alpha value is -2.23. The van der Waals surface area contributed by atoms with Crippen LogP contribution in [0.25, 0.3) is 0 Å². The first-order valence-electron chi connectivity index (χ1n) is 6.20. The van der Waals surface area contributed by atoms with Gasteiger partial charge in [0, 0.05) is 13.0 Å². The van der Waals surface area contributed by atoms with E-state index in [0.717, 1.165) is 17.1 Å². The second-order valence-electron chi connectivity index (χ2n) is 4.20. The van der Waals surface area contributed by atoms with E-state index in [1.54, 1.807) is 13.4 Å². The second-order valence-corrected chi connectivity index (χ2v) is 4.20. The van der Waals surface area contributed by atoms with Gasteiger partial charge in [-0.05, 0) is 29.8 Å². The summed E-state index contributed by atoms with van der Waals surface area (Å²) in [6.07, 6.45) is 2.72. The number of furan rings is 1. The molecule has 4 nitrogen and oxygen atoms in total. The Bertz CT molecular complexity index is 503. The maximum absolute atomic E-state index is 11.7. The molecule has 2 rings (SSSR count). The van der Waals surface area contributed by atoms with Gasteiger partial charge in [0.2, 0.25) is 5.91 Å². The first-order chi connectivity index (χ1) is 9.28. The molecular formula is C15H17NO3. The van der Waals surface area contributed by atoms with Crippen LogP contribution in [0, 0.1) is 0 Å². The van der Waals surface area contributed by atoms with E-state index in [0.29, 0.717) is 19.4 Å². The van der Waals surface area contributed by atoms with Crippen molar-refractivity contribution in [3.05, 3.63) is 54.0 Å². The fourth-order valence-corrected chi connectivity index (χ4v) is 1.77. The summed E-state index contributed by atoms with van der Waals surface area (Å²) in [6, 6.07) is 11.2. The highest BCUT2D eigenvalue weighted by atomic mass is 16.5. The number of hydrogen-bond donors (Lipinski definition) is 1. The first kappa shape index (κ1) is 13.2. The average Bonchev–Trinajstić information content (AvgIpc) is 2.93. The third-order valence-electron chi connectivity index (χ3n) is 2.80. The average molecular weight is 259 g/mol. The molecule has 1 N–H and O–H groups in total. The van der Waals surface area contributed by atoms with E-state index in [-0.39, 0.29) is 5.91 Å². The number of carbonyl (C=O) groups is 1. The molecule has 0 spiro atoms. The standard InChI is InChI=1S/C15H17NO3/c1-18-13-6-4-12(5-7-13)11-15(17)16-9-8-14-3-2-10-19-14/h2-7,10H,8-9,11H2,1H3,(H,16,17). The number of benzene rings is 1. The Kier molecular flexibility index (Phi) is 4.61. The molecule has 0 fully saturated rings. The Morgan fingerprint density at radius 1 is 1.26 bits per heavy atom. The van der Waals surface area contributed by atoms with Crippen LogP contribution < -0.4 is 10.1 Å². The monoisotopic (exact) mass is 259 g/mol. The Morgan fingerprint density at radius 2 is 2.05 bits per heavy atom. The normalized spacial score (nSPS) is 10.2.